The van der Waals surface area contributed by atoms with Crippen molar-refractivity contribution in [3.63, 3.8) is 0 Å². The molecule has 0 amide bonds. The minimum atomic E-state index is 0.127. The predicted molar refractivity (Wildman–Crippen MR) is 75.2 cm³/mol. The molecule has 1 atom stereocenters. The minimum absolute atomic E-state index is 0.127. The maximum Gasteiger partial charge on any atom is 0.138 e. The van der Waals surface area contributed by atoms with E-state index < -0.39 is 0 Å². The molecule has 0 spiro atoms. The number of nitrogens with two attached hydrogens (primary N) is 1. The zero-order valence-electron chi connectivity index (χ0n) is 10.2. The van der Waals surface area contributed by atoms with Gasteiger partial charge < -0.3 is 10.8 Å². The number of hydrogen-bond donors (Lipinski definition) is 2. The van der Waals surface area contributed by atoms with E-state index in [1.54, 1.807) is 12.1 Å². The Morgan fingerprint density at radius 1 is 1.33 bits per heavy atom. The lowest BCUT2D eigenvalue weighted by Gasteiger charge is -2.35. The number of halogens is 2. The molecule has 0 bridgehead atoms. The molecule has 0 aromatic heterocycles. The number of benzene rings is 1. The van der Waals surface area contributed by atoms with Gasteiger partial charge in [0.2, 0.25) is 0 Å². The van der Waals surface area contributed by atoms with Crippen molar-refractivity contribution in [2.45, 2.75) is 31.8 Å². The summed E-state index contributed by atoms with van der Waals surface area (Å²) in [6, 6.07) is 3.71. The highest BCUT2D eigenvalue weighted by molar-refractivity contribution is 6.35. The second-order valence-electron chi connectivity index (χ2n) is 4.75. The van der Waals surface area contributed by atoms with Gasteiger partial charge in [-0.25, -0.2) is 0 Å². The summed E-state index contributed by atoms with van der Waals surface area (Å²) in [5, 5.41) is 10.8. The number of hydrogen-bond acceptors (Lipinski definition) is 3. The molecule has 0 radical (unpaired) electrons. The molecule has 5 heteroatoms. The largest absolute Gasteiger partial charge is 0.506 e. The molecular weight excluding hydrogens is 271 g/mol. The van der Waals surface area contributed by atoms with Crippen LogP contribution in [-0.4, -0.2) is 29.1 Å². The number of aromatic hydroxyl groups is 1. The molecule has 2 rings (SSSR count). The Kier molecular flexibility index (Phi) is 4.73. The van der Waals surface area contributed by atoms with E-state index in [4.69, 9.17) is 28.9 Å². The highest BCUT2D eigenvalue weighted by Crippen LogP contribution is 2.33. The van der Waals surface area contributed by atoms with Crippen molar-refractivity contribution in [1.29, 1.82) is 0 Å². The third-order valence-electron chi connectivity index (χ3n) is 3.50. The molecule has 1 aromatic carbocycles. The van der Waals surface area contributed by atoms with Gasteiger partial charge >= 0.3 is 0 Å². The van der Waals surface area contributed by atoms with Crippen molar-refractivity contribution in [2.24, 2.45) is 5.73 Å². The van der Waals surface area contributed by atoms with E-state index in [0.29, 0.717) is 29.2 Å². The highest BCUT2D eigenvalue weighted by atomic mass is 35.5. The normalized spacial score (nSPS) is 21.2. The summed E-state index contributed by atoms with van der Waals surface area (Å²) in [6.07, 6.45) is 3.51. The molecule has 1 aliphatic rings. The van der Waals surface area contributed by atoms with E-state index in [1.165, 1.54) is 12.8 Å². The number of likely N-dealkylation sites (tertiary alicyclic amines) is 1. The van der Waals surface area contributed by atoms with Crippen molar-refractivity contribution in [1.82, 2.24) is 4.90 Å². The quantitative estimate of drug-likeness (QED) is 0.899. The number of rotatable bonds is 3. The SMILES string of the molecule is NCC1CCCCN1Cc1cc(Cl)cc(Cl)c1O. The first kappa shape index (κ1) is 13.9. The van der Waals surface area contributed by atoms with Gasteiger partial charge in [0.05, 0.1) is 5.02 Å². The molecule has 18 heavy (non-hydrogen) atoms. The van der Waals surface area contributed by atoms with Crippen molar-refractivity contribution in [3.05, 3.63) is 27.7 Å². The first-order valence-electron chi connectivity index (χ1n) is 6.23. The van der Waals surface area contributed by atoms with Crippen LogP contribution in [0.5, 0.6) is 5.75 Å². The third-order valence-corrected chi connectivity index (χ3v) is 4.01. The second kappa shape index (κ2) is 6.11. The van der Waals surface area contributed by atoms with Gasteiger partial charge in [-0.3, -0.25) is 4.90 Å². The standard InChI is InChI=1S/C13H18Cl2N2O/c14-10-5-9(13(18)12(15)6-10)8-17-4-2-1-3-11(17)7-16/h5-6,11,18H,1-4,7-8,16H2. The van der Waals surface area contributed by atoms with Gasteiger partial charge in [-0.2, -0.15) is 0 Å². The van der Waals surface area contributed by atoms with Gasteiger partial charge in [0.1, 0.15) is 5.75 Å². The number of nitrogens with zero attached hydrogens (tertiary/aromatic N) is 1. The van der Waals surface area contributed by atoms with Crippen LogP contribution in [0.2, 0.25) is 10.0 Å². The van der Waals surface area contributed by atoms with Gasteiger partial charge in [0.15, 0.2) is 0 Å². The molecule has 3 N–H and O–H groups in total. The maximum absolute atomic E-state index is 9.96. The van der Waals surface area contributed by atoms with Gasteiger partial charge in [0.25, 0.3) is 0 Å². The van der Waals surface area contributed by atoms with Crippen LogP contribution in [0.1, 0.15) is 24.8 Å². The second-order valence-corrected chi connectivity index (χ2v) is 5.59. The molecule has 0 aliphatic carbocycles. The Hall–Kier alpha value is -0.480. The predicted octanol–water partition coefficient (Wildman–Crippen LogP) is 3.01. The summed E-state index contributed by atoms with van der Waals surface area (Å²) >= 11 is 11.9. The molecule has 100 valence electrons. The van der Waals surface area contributed by atoms with E-state index in [-0.39, 0.29) is 5.75 Å². The van der Waals surface area contributed by atoms with E-state index in [9.17, 15) is 5.11 Å². The lowest BCUT2D eigenvalue weighted by atomic mass is 10.0. The number of phenolic OH excluding ortho intramolecular Hbond substituents is 1. The topological polar surface area (TPSA) is 49.5 Å². The Morgan fingerprint density at radius 2 is 2.11 bits per heavy atom. The summed E-state index contributed by atoms with van der Waals surface area (Å²) in [5.74, 6) is 0.127. The summed E-state index contributed by atoms with van der Waals surface area (Å²) < 4.78 is 0. The van der Waals surface area contributed by atoms with Crippen molar-refractivity contribution < 1.29 is 5.11 Å². The Labute approximate surface area is 117 Å². The Balaban J connectivity index is 2.17. The highest BCUT2D eigenvalue weighted by Gasteiger charge is 2.22. The van der Waals surface area contributed by atoms with Crippen LogP contribution in [0.4, 0.5) is 0 Å². The van der Waals surface area contributed by atoms with Crippen LogP contribution in [-0.2, 0) is 6.54 Å². The average Bonchev–Trinajstić information content (AvgIpc) is 2.36. The molecule has 1 fully saturated rings. The first-order chi connectivity index (χ1) is 8.61. The van der Waals surface area contributed by atoms with Crippen LogP contribution in [0, 0.1) is 0 Å². The zero-order valence-corrected chi connectivity index (χ0v) is 11.7. The molecule has 0 saturated carbocycles. The molecule has 1 unspecified atom stereocenters. The zero-order chi connectivity index (χ0) is 13.1. The molecule has 1 heterocycles. The fourth-order valence-corrected chi connectivity index (χ4v) is 3.03. The average molecular weight is 289 g/mol. The van der Waals surface area contributed by atoms with Crippen LogP contribution in [0.25, 0.3) is 0 Å². The molecule has 3 nitrogen and oxygen atoms in total. The van der Waals surface area contributed by atoms with Gasteiger partial charge in [-0.1, -0.05) is 29.6 Å². The van der Waals surface area contributed by atoms with E-state index in [1.807, 2.05) is 0 Å². The summed E-state index contributed by atoms with van der Waals surface area (Å²) in [5.41, 5.74) is 6.56. The van der Waals surface area contributed by atoms with Gasteiger partial charge in [-0.15, -0.1) is 0 Å². The van der Waals surface area contributed by atoms with E-state index in [0.717, 1.165) is 18.5 Å². The summed E-state index contributed by atoms with van der Waals surface area (Å²) in [7, 11) is 0. The minimum Gasteiger partial charge on any atom is -0.506 e. The van der Waals surface area contributed by atoms with Crippen LogP contribution in [0.3, 0.4) is 0 Å². The maximum atomic E-state index is 9.96. The fraction of sp³-hybridized carbons (Fsp3) is 0.538. The lowest BCUT2D eigenvalue weighted by Crippen LogP contribution is -2.43. The van der Waals surface area contributed by atoms with Crippen molar-refractivity contribution >= 4 is 23.2 Å². The lowest BCUT2D eigenvalue weighted by molar-refractivity contribution is 0.143. The number of phenols is 1. The summed E-state index contributed by atoms with van der Waals surface area (Å²) in [6.45, 7) is 2.30. The van der Waals surface area contributed by atoms with E-state index in [2.05, 4.69) is 4.90 Å². The fourth-order valence-electron chi connectivity index (χ4n) is 2.49. The summed E-state index contributed by atoms with van der Waals surface area (Å²) in [4.78, 5) is 2.30. The molecule has 1 aromatic rings. The van der Waals surface area contributed by atoms with Crippen molar-refractivity contribution in [2.75, 3.05) is 13.1 Å². The van der Waals surface area contributed by atoms with Crippen LogP contribution >= 0.6 is 23.2 Å². The smallest absolute Gasteiger partial charge is 0.138 e. The van der Waals surface area contributed by atoms with Gasteiger partial charge in [-0.05, 0) is 31.5 Å². The van der Waals surface area contributed by atoms with Crippen LogP contribution < -0.4 is 5.73 Å². The Morgan fingerprint density at radius 3 is 2.83 bits per heavy atom. The van der Waals surface area contributed by atoms with Crippen molar-refractivity contribution in [3.8, 4) is 5.75 Å². The molecule has 1 aliphatic heterocycles. The third kappa shape index (κ3) is 3.09. The van der Waals surface area contributed by atoms with Crippen LogP contribution in [0.15, 0.2) is 12.1 Å². The van der Waals surface area contributed by atoms with Gasteiger partial charge in [0, 0.05) is 29.7 Å². The van der Waals surface area contributed by atoms with E-state index >= 15 is 0 Å². The number of piperidine rings is 1. The molecule has 1 saturated heterocycles. The molecular formula is C13H18Cl2N2O. The monoisotopic (exact) mass is 288 g/mol. The Bertz CT molecular complexity index is 426. The first-order valence-corrected chi connectivity index (χ1v) is 6.98.